The van der Waals surface area contributed by atoms with Crippen molar-refractivity contribution in [2.45, 2.75) is 45.7 Å². The number of amides is 1. The van der Waals surface area contributed by atoms with Crippen LogP contribution in [0.25, 0.3) is 0 Å². The molecule has 27 heavy (non-hydrogen) atoms. The van der Waals surface area contributed by atoms with Crippen LogP contribution >= 0.6 is 0 Å². The highest BCUT2D eigenvalue weighted by Gasteiger charge is 2.24. The summed E-state index contributed by atoms with van der Waals surface area (Å²) < 4.78 is 32.2. The number of carbonyl (C=O) groups is 1. The van der Waals surface area contributed by atoms with E-state index in [1.807, 2.05) is 13.8 Å². The molecule has 0 bridgehead atoms. The lowest BCUT2D eigenvalue weighted by Crippen LogP contribution is -2.34. The standard InChI is InChI=1S/C22H27F2NO2/c1-3-21(18-10-12-19(23)13-11-18)25(22(26)9-6-14-27-4-2)16-17-7-5-8-20(24)15-17/h5,7-8,10-13,15,21H,3-4,6,9,14,16H2,1-2H3. The third-order valence-corrected chi connectivity index (χ3v) is 4.46. The largest absolute Gasteiger partial charge is 0.382 e. The molecule has 2 aromatic carbocycles. The number of benzene rings is 2. The maximum absolute atomic E-state index is 13.6. The summed E-state index contributed by atoms with van der Waals surface area (Å²) in [4.78, 5) is 14.7. The first-order chi connectivity index (χ1) is 13.0. The summed E-state index contributed by atoms with van der Waals surface area (Å²) in [5.74, 6) is -0.658. The zero-order valence-corrected chi connectivity index (χ0v) is 16.0. The molecule has 2 aromatic rings. The summed E-state index contributed by atoms with van der Waals surface area (Å²) in [5.41, 5.74) is 1.60. The average Bonchev–Trinajstić information content (AvgIpc) is 2.66. The summed E-state index contributed by atoms with van der Waals surface area (Å²) in [6.45, 7) is 5.36. The Labute approximate surface area is 160 Å². The van der Waals surface area contributed by atoms with Gasteiger partial charge in [0.15, 0.2) is 0 Å². The van der Waals surface area contributed by atoms with E-state index in [0.717, 1.165) is 11.1 Å². The molecule has 0 aliphatic carbocycles. The van der Waals surface area contributed by atoms with Crippen molar-refractivity contribution >= 4 is 5.91 Å². The predicted octanol–water partition coefficient (Wildman–Crippen LogP) is 5.26. The molecule has 3 nitrogen and oxygen atoms in total. The van der Waals surface area contributed by atoms with Gasteiger partial charge in [-0.15, -0.1) is 0 Å². The van der Waals surface area contributed by atoms with Crippen LogP contribution in [0.4, 0.5) is 8.78 Å². The van der Waals surface area contributed by atoms with Gasteiger partial charge in [0.2, 0.25) is 5.91 Å². The highest BCUT2D eigenvalue weighted by molar-refractivity contribution is 5.76. The van der Waals surface area contributed by atoms with Gasteiger partial charge in [0.1, 0.15) is 11.6 Å². The molecule has 0 spiro atoms. The van der Waals surface area contributed by atoms with E-state index in [9.17, 15) is 13.6 Å². The summed E-state index contributed by atoms with van der Waals surface area (Å²) in [6.07, 6.45) is 1.66. The molecule has 0 fully saturated rings. The minimum Gasteiger partial charge on any atom is -0.382 e. The monoisotopic (exact) mass is 375 g/mol. The molecule has 0 saturated heterocycles. The molecule has 0 heterocycles. The molecule has 1 unspecified atom stereocenters. The molecule has 0 radical (unpaired) electrons. The molecule has 1 atom stereocenters. The molecule has 0 N–H and O–H groups in total. The fourth-order valence-corrected chi connectivity index (χ4v) is 3.14. The van der Waals surface area contributed by atoms with Crippen molar-refractivity contribution in [2.24, 2.45) is 0 Å². The van der Waals surface area contributed by atoms with E-state index < -0.39 is 0 Å². The quantitative estimate of drug-likeness (QED) is 0.530. The second-order valence-corrected chi connectivity index (χ2v) is 6.43. The van der Waals surface area contributed by atoms with E-state index in [-0.39, 0.29) is 23.6 Å². The van der Waals surface area contributed by atoms with Crippen molar-refractivity contribution < 1.29 is 18.3 Å². The van der Waals surface area contributed by atoms with E-state index in [0.29, 0.717) is 39.0 Å². The van der Waals surface area contributed by atoms with Crippen molar-refractivity contribution in [1.29, 1.82) is 0 Å². The van der Waals surface area contributed by atoms with Crippen LogP contribution in [-0.2, 0) is 16.1 Å². The zero-order chi connectivity index (χ0) is 19.6. The van der Waals surface area contributed by atoms with E-state index >= 15 is 0 Å². The molecule has 0 aromatic heterocycles. The SMILES string of the molecule is CCOCCCC(=O)N(Cc1cccc(F)c1)C(CC)c1ccc(F)cc1. The first-order valence-electron chi connectivity index (χ1n) is 9.42. The number of hydrogen-bond acceptors (Lipinski definition) is 2. The Morgan fingerprint density at radius 1 is 1.07 bits per heavy atom. The van der Waals surface area contributed by atoms with Crippen molar-refractivity contribution in [3.63, 3.8) is 0 Å². The summed E-state index contributed by atoms with van der Waals surface area (Å²) >= 11 is 0. The smallest absolute Gasteiger partial charge is 0.223 e. The molecule has 0 aliphatic heterocycles. The van der Waals surface area contributed by atoms with Gasteiger partial charge in [-0.2, -0.15) is 0 Å². The molecule has 146 valence electrons. The fraction of sp³-hybridized carbons (Fsp3) is 0.409. The first-order valence-corrected chi connectivity index (χ1v) is 9.42. The van der Waals surface area contributed by atoms with Gasteiger partial charge >= 0.3 is 0 Å². The van der Waals surface area contributed by atoms with Crippen LogP contribution in [0.15, 0.2) is 48.5 Å². The number of hydrogen-bond donors (Lipinski definition) is 0. The molecule has 5 heteroatoms. The van der Waals surface area contributed by atoms with E-state index in [1.54, 1.807) is 29.2 Å². The lowest BCUT2D eigenvalue weighted by atomic mass is 10.0. The van der Waals surface area contributed by atoms with Crippen LogP contribution in [0.5, 0.6) is 0 Å². The molecule has 0 saturated carbocycles. The van der Waals surface area contributed by atoms with Gasteiger partial charge in [-0.05, 0) is 55.2 Å². The average molecular weight is 375 g/mol. The van der Waals surface area contributed by atoms with Crippen LogP contribution in [0.2, 0.25) is 0 Å². The Hall–Kier alpha value is -2.27. The maximum Gasteiger partial charge on any atom is 0.223 e. The third kappa shape index (κ3) is 6.43. The third-order valence-electron chi connectivity index (χ3n) is 4.46. The zero-order valence-electron chi connectivity index (χ0n) is 16.0. The number of halogens is 2. The van der Waals surface area contributed by atoms with E-state index in [1.165, 1.54) is 24.3 Å². The number of nitrogens with zero attached hydrogens (tertiary/aromatic N) is 1. The Balaban J connectivity index is 2.23. The normalized spacial score (nSPS) is 12.0. The van der Waals surface area contributed by atoms with Gasteiger partial charge in [0.05, 0.1) is 6.04 Å². The maximum atomic E-state index is 13.6. The van der Waals surface area contributed by atoms with Gasteiger partial charge in [0, 0.05) is 26.2 Å². The number of carbonyl (C=O) groups excluding carboxylic acids is 1. The highest BCUT2D eigenvalue weighted by Crippen LogP contribution is 2.27. The Kier molecular flexibility index (Phi) is 8.40. The van der Waals surface area contributed by atoms with Crippen molar-refractivity contribution in [1.82, 2.24) is 4.90 Å². The lowest BCUT2D eigenvalue weighted by Gasteiger charge is -2.32. The minimum absolute atomic E-state index is 0.0184. The van der Waals surface area contributed by atoms with Crippen LogP contribution in [0, 0.1) is 11.6 Å². The summed E-state index contributed by atoms with van der Waals surface area (Å²) in [6, 6.07) is 12.3. The van der Waals surface area contributed by atoms with Crippen LogP contribution < -0.4 is 0 Å². The van der Waals surface area contributed by atoms with Gasteiger partial charge in [-0.1, -0.05) is 31.2 Å². The van der Waals surface area contributed by atoms with Gasteiger partial charge in [-0.3, -0.25) is 4.79 Å². The summed E-state index contributed by atoms with van der Waals surface area (Å²) in [7, 11) is 0. The Morgan fingerprint density at radius 2 is 1.81 bits per heavy atom. The lowest BCUT2D eigenvalue weighted by molar-refractivity contribution is -0.135. The Morgan fingerprint density at radius 3 is 2.44 bits per heavy atom. The van der Waals surface area contributed by atoms with Gasteiger partial charge in [0.25, 0.3) is 0 Å². The van der Waals surface area contributed by atoms with Crippen molar-refractivity contribution in [3.05, 3.63) is 71.3 Å². The minimum atomic E-state index is -0.328. The molecule has 0 aliphatic rings. The number of ether oxygens (including phenoxy) is 1. The fourth-order valence-electron chi connectivity index (χ4n) is 3.14. The Bertz CT molecular complexity index is 719. The number of rotatable bonds is 10. The second kappa shape index (κ2) is 10.8. The van der Waals surface area contributed by atoms with E-state index in [2.05, 4.69) is 0 Å². The molecular formula is C22H27F2NO2. The molecule has 1 amide bonds. The topological polar surface area (TPSA) is 29.5 Å². The first kappa shape index (κ1) is 21.0. The van der Waals surface area contributed by atoms with Gasteiger partial charge in [-0.25, -0.2) is 8.78 Å². The molecule has 2 rings (SSSR count). The van der Waals surface area contributed by atoms with Crippen LogP contribution in [0.1, 0.15) is 50.3 Å². The highest BCUT2D eigenvalue weighted by atomic mass is 19.1. The predicted molar refractivity (Wildman–Crippen MR) is 102 cm³/mol. The van der Waals surface area contributed by atoms with Gasteiger partial charge < -0.3 is 9.64 Å². The van der Waals surface area contributed by atoms with Crippen LogP contribution in [-0.4, -0.2) is 24.0 Å². The second-order valence-electron chi connectivity index (χ2n) is 6.43. The van der Waals surface area contributed by atoms with Crippen LogP contribution in [0.3, 0.4) is 0 Å². The van der Waals surface area contributed by atoms with E-state index in [4.69, 9.17) is 4.74 Å². The molecular weight excluding hydrogens is 348 g/mol. The van der Waals surface area contributed by atoms with Crippen molar-refractivity contribution in [3.8, 4) is 0 Å². The summed E-state index contributed by atoms with van der Waals surface area (Å²) in [5, 5.41) is 0. The van der Waals surface area contributed by atoms with Crippen molar-refractivity contribution in [2.75, 3.05) is 13.2 Å².